The zero-order valence-electron chi connectivity index (χ0n) is 30.6. The molecule has 7 aromatic carbocycles. The highest BCUT2D eigenvalue weighted by Gasteiger charge is 2.34. The Balaban J connectivity index is 1.01. The van der Waals surface area contributed by atoms with E-state index < -0.39 is 0 Å². The van der Waals surface area contributed by atoms with Crippen LogP contribution in [0.4, 0.5) is 0 Å². The summed E-state index contributed by atoms with van der Waals surface area (Å²) >= 11 is 3.90. The first-order chi connectivity index (χ1) is 28.3. The molecule has 0 fully saturated rings. The van der Waals surface area contributed by atoms with Crippen molar-refractivity contribution in [2.24, 2.45) is 0 Å². The van der Waals surface area contributed by atoms with Crippen LogP contribution in [0, 0.1) is 0 Å². The lowest BCUT2D eigenvalue weighted by Crippen LogP contribution is -2.05. The number of para-hydroxylation sites is 2. The summed E-state index contributed by atoms with van der Waals surface area (Å²) in [6.45, 7) is 0. The van der Waals surface area contributed by atoms with E-state index in [1.165, 1.54) is 74.8 Å². The van der Waals surface area contributed by atoms with Crippen LogP contribution in [0.1, 0.15) is 17.5 Å². The van der Waals surface area contributed by atoms with Crippen molar-refractivity contribution in [2.75, 3.05) is 0 Å². The zero-order chi connectivity index (χ0) is 37.5. The summed E-state index contributed by atoms with van der Waals surface area (Å²) in [5, 5.41) is 5.40. The lowest BCUT2D eigenvalue weighted by atomic mass is 9.87. The molecule has 4 nitrogen and oxygen atoms in total. The number of thioether (sulfide) groups is 1. The van der Waals surface area contributed by atoms with Crippen molar-refractivity contribution in [1.82, 2.24) is 19.5 Å². The number of rotatable bonds is 5. The van der Waals surface area contributed by atoms with Gasteiger partial charge in [-0.05, 0) is 65.1 Å². The molecule has 0 N–H and O–H groups in total. The van der Waals surface area contributed by atoms with Gasteiger partial charge in [0.15, 0.2) is 17.5 Å². The highest BCUT2D eigenvalue weighted by Crippen LogP contribution is 2.55. The van der Waals surface area contributed by atoms with Crippen molar-refractivity contribution >= 4 is 76.2 Å². The lowest BCUT2D eigenvalue weighted by Gasteiger charge is -2.19. The van der Waals surface area contributed by atoms with Crippen molar-refractivity contribution in [3.8, 4) is 39.9 Å². The third kappa shape index (κ3) is 5.18. The molecule has 0 saturated carbocycles. The Hall–Kier alpha value is -6.60. The molecule has 1 unspecified atom stereocenters. The Labute approximate surface area is 337 Å². The smallest absolute Gasteiger partial charge is 0.164 e. The van der Waals surface area contributed by atoms with Gasteiger partial charge in [0.25, 0.3) is 0 Å². The van der Waals surface area contributed by atoms with Crippen LogP contribution in [0.2, 0.25) is 0 Å². The molecule has 0 saturated heterocycles. The number of fused-ring (bicyclic) bond motifs is 9. The molecule has 1 aliphatic heterocycles. The molecule has 6 heteroatoms. The molecular formula is C51H32N4S2. The molecule has 0 spiro atoms. The molecule has 4 heterocycles. The van der Waals surface area contributed by atoms with E-state index in [2.05, 4.69) is 144 Å². The van der Waals surface area contributed by atoms with E-state index in [1.54, 1.807) is 0 Å². The van der Waals surface area contributed by atoms with Crippen molar-refractivity contribution in [3.05, 3.63) is 187 Å². The molecule has 3 aromatic heterocycles. The second-order valence-corrected chi connectivity index (χ2v) is 16.9. The van der Waals surface area contributed by atoms with Crippen molar-refractivity contribution in [1.29, 1.82) is 0 Å². The van der Waals surface area contributed by atoms with E-state index in [0.717, 1.165) is 23.1 Å². The molecule has 57 heavy (non-hydrogen) atoms. The van der Waals surface area contributed by atoms with E-state index in [1.807, 2.05) is 59.5 Å². The quantitative estimate of drug-likeness (QED) is 0.175. The van der Waals surface area contributed by atoms with Gasteiger partial charge in [-0.1, -0.05) is 140 Å². The molecule has 12 rings (SSSR count). The van der Waals surface area contributed by atoms with Gasteiger partial charge in [0.05, 0.1) is 16.7 Å². The van der Waals surface area contributed by atoms with Gasteiger partial charge < -0.3 is 4.57 Å². The van der Waals surface area contributed by atoms with E-state index in [4.69, 9.17) is 15.0 Å². The van der Waals surface area contributed by atoms with E-state index in [-0.39, 0.29) is 0 Å². The standard InChI is InChI=1S/C51H32N4S2/c1-3-14-31(15-4-1)49-52-50(32-16-5-2-6-17-32)54-51(53-49)33-28-29-44-40(30-33)38-22-11-21-37(47(38)56-44)36-20-13-27-45-46(36)39-23-12-26-43(48(39)57-45)55-41-24-9-7-18-34(41)35-19-8-10-25-42(35)55/h1-26,28-30,45H,27H2. The topological polar surface area (TPSA) is 43.6 Å². The summed E-state index contributed by atoms with van der Waals surface area (Å²) in [5.74, 6) is 2.00. The van der Waals surface area contributed by atoms with Gasteiger partial charge in [-0.3, -0.25) is 0 Å². The predicted molar refractivity (Wildman–Crippen MR) is 240 cm³/mol. The van der Waals surface area contributed by atoms with Crippen molar-refractivity contribution in [3.63, 3.8) is 0 Å². The Morgan fingerprint density at radius 1 is 0.509 bits per heavy atom. The van der Waals surface area contributed by atoms with Crippen molar-refractivity contribution in [2.45, 2.75) is 16.6 Å². The fourth-order valence-corrected chi connectivity index (χ4v) is 11.5. The molecule has 2 aliphatic rings. The summed E-state index contributed by atoms with van der Waals surface area (Å²) < 4.78 is 5.03. The van der Waals surface area contributed by atoms with Gasteiger partial charge in [0, 0.05) is 57.8 Å². The first-order valence-electron chi connectivity index (χ1n) is 19.3. The molecular weight excluding hydrogens is 733 g/mol. The SMILES string of the molecule is C1=CC(c2cccc3c2sc2ccc(-c4nc(-c5ccccc5)nc(-c5ccccc5)n4)cc23)=C2c3cccc(-n4c5ccccc5c5ccccc54)c3SC2C1. The molecule has 0 radical (unpaired) electrons. The molecule has 10 aromatic rings. The molecule has 1 atom stereocenters. The van der Waals surface area contributed by atoms with Gasteiger partial charge in [-0.25, -0.2) is 15.0 Å². The zero-order valence-corrected chi connectivity index (χ0v) is 32.3. The number of aromatic nitrogens is 4. The van der Waals surface area contributed by atoms with Gasteiger partial charge in [-0.2, -0.15) is 0 Å². The molecule has 0 amide bonds. The number of benzene rings is 7. The number of nitrogens with zero attached hydrogens (tertiary/aromatic N) is 4. The Bertz CT molecular complexity index is 3190. The van der Waals surface area contributed by atoms with Crippen LogP contribution < -0.4 is 0 Å². The number of hydrogen-bond acceptors (Lipinski definition) is 5. The summed E-state index contributed by atoms with van der Waals surface area (Å²) in [6.07, 6.45) is 5.76. The third-order valence-electron chi connectivity index (χ3n) is 11.4. The van der Waals surface area contributed by atoms with E-state index in [0.29, 0.717) is 22.7 Å². The minimum atomic E-state index is 0.354. The van der Waals surface area contributed by atoms with Crippen LogP contribution >= 0.6 is 23.1 Å². The second kappa shape index (κ2) is 13.0. The maximum atomic E-state index is 5.04. The average molecular weight is 765 g/mol. The predicted octanol–water partition coefficient (Wildman–Crippen LogP) is 13.7. The molecule has 1 aliphatic carbocycles. The second-order valence-electron chi connectivity index (χ2n) is 14.6. The van der Waals surface area contributed by atoms with Crippen LogP contribution in [0.25, 0.3) is 93.0 Å². The number of allylic oxidation sites excluding steroid dienone is 3. The fraction of sp³-hybridized carbons (Fsp3) is 0.0392. The van der Waals surface area contributed by atoms with Crippen LogP contribution in [0.5, 0.6) is 0 Å². The Morgan fingerprint density at radius 2 is 1.11 bits per heavy atom. The van der Waals surface area contributed by atoms with Crippen molar-refractivity contribution < 1.29 is 0 Å². The van der Waals surface area contributed by atoms with Gasteiger partial charge in [0.2, 0.25) is 0 Å². The fourth-order valence-electron chi connectivity index (χ4n) is 8.80. The highest BCUT2D eigenvalue weighted by atomic mass is 32.2. The largest absolute Gasteiger partial charge is 0.308 e. The molecule has 0 bridgehead atoms. The highest BCUT2D eigenvalue weighted by molar-refractivity contribution is 8.01. The average Bonchev–Trinajstić information content (AvgIpc) is 3.96. The summed E-state index contributed by atoms with van der Waals surface area (Å²) in [4.78, 5) is 16.4. The summed E-state index contributed by atoms with van der Waals surface area (Å²) in [6, 6.07) is 58.3. The van der Waals surface area contributed by atoms with Gasteiger partial charge in [0.1, 0.15) is 0 Å². The summed E-state index contributed by atoms with van der Waals surface area (Å²) in [5.41, 5.74) is 12.1. The van der Waals surface area contributed by atoms with E-state index in [9.17, 15) is 0 Å². The summed E-state index contributed by atoms with van der Waals surface area (Å²) in [7, 11) is 0. The minimum absolute atomic E-state index is 0.354. The minimum Gasteiger partial charge on any atom is -0.308 e. The third-order valence-corrected chi connectivity index (χ3v) is 14.0. The maximum Gasteiger partial charge on any atom is 0.164 e. The number of hydrogen-bond donors (Lipinski definition) is 0. The normalized spacial score (nSPS) is 14.9. The lowest BCUT2D eigenvalue weighted by molar-refractivity contribution is 1.07. The first-order valence-corrected chi connectivity index (χ1v) is 21.0. The van der Waals surface area contributed by atoms with Crippen LogP contribution in [0.3, 0.4) is 0 Å². The first kappa shape index (κ1) is 32.6. The van der Waals surface area contributed by atoms with Gasteiger partial charge in [-0.15, -0.1) is 23.1 Å². The van der Waals surface area contributed by atoms with E-state index >= 15 is 0 Å². The van der Waals surface area contributed by atoms with Gasteiger partial charge >= 0.3 is 0 Å². The van der Waals surface area contributed by atoms with Crippen LogP contribution in [-0.2, 0) is 0 Å². The molecule has 268 valence electrons. The Morgan fingerprint density at radius 3 is 1.81 bits per heavy atom. The Kier molecular flexibility index (Phi) is 7.43. The van der Waals surface area contributed by atoms with Crippen LogP contribution in [0.15, 0.2) is 181 Å². The maximum absolute atomic E-state index is 5.04. The monoisotopic (exact) mass is 764 g/mol. The van der Waals surface area contributed by atoms with Crippen LogP contribution in [-0.4, -0.2) is 24.8 Å². The number of thiophene rings is 1.